The largest absolute Gasteiger partial charge is 0.433 e. The Hall–Kier alpha value is -3.18. The molecule has 0 unspecified atom stereocenters. The standard InChI is InChI=1S/C19H21F3N4O4/c1-2-30-11-10-23-18(28)26(16-5-3-4-15(24-16)19(20,21)22)12-13-6-8-14(9-7-13)17(27)25-29/h3-9,29H,2,10-12H2,1H3,(H,23,28)(H,25,27). The molecule has 11 heteroatoms. The van der Waals surface area contributed by atoms with Crippen LogP contribution in [-0.4, -0.2) is 41.9 Å². The van der Waals surface area contributed by atoms with E-state index in [1.807, 2.05) is 0 Å². The van der Waals surface area contributed by atoms with Crippen molar-refractivity contribution in [2.24, 2.45) is 0 Å². The molecule has 0 aliphatic heterocycles. The van der Waals surface area contributed by atoms with Gasteiger partial charge in [0.2, 0.25) is 0 Å². The van der Waals surface area contributed by atoms with Crippen LogP contribution in [0.5, 0.6) is 0 Å². The van der Waals surface area contributed by atoms with E-state index in [-0.39, 0.29) is 31.1 Å². The van der Waals surface area contributed by atoms with E-state index in [1.54, 1.807) is 6.92 Å². The Morgan fingerprint density at radius 3 is 2.47 bits per heavy atom. The molecule has 3 amide bonds. The number of alkyl halides is 3. The number of hydroxylamine groups is 1. The fourth-order valence-electron chi connectivity index (χ4n) is 2.47. The molecule has 0 saturated heterocycles. The molecule has 8 nitrogen and oxygen atoms in total. The summed E-state index contributed by atoms with van der Waals surface area (Å²) in [6.07, 6.45) is -4.66. The number of carbonyl (C=O) groups excluding carboxylic acids is 2. The molecule has 0 spiro atoms. The van der Waals surface area contributed by atoms with E-state index in [2.05, 4.69) is 10.3 Å². The van der Waals surface area contributed by atoms with Gasteiger partial charge in [-0.25, -0.2) is 15.3 Å². The second-order valence-electron chi connectivity index (χ2n) is 6.03. The van der Waals surface area contributed by atoms with E-state index in [1.165, 1.54) is 41.9 Å². The zero-order valence-corrected chi connectivity index (χ0v) is 16.1. The summed E-state index contributed by atoms with van der Waals surface area (Å²) in [7, 11) is 0. The second-order valence-corrected chi connectivity index (χ2v) is 6.03. The van der Waals surface area contributed by atoms with Crippen LogP contribution >= 0.6 is 0 Å². The van der Waals surface area contributed by atoms with Crippen LogP contribution in [0.4, 0.5) is 23.8 Å². The van der Waals surface area contributed by atoms with Gasteiger partial charge in [0.05, 0.1) is 13.2 Å². The predicted molar refractivity (Wildman–Crippen MR) is 101 cm³/mol. The number of anilines is 1. The van der Waals surface area contributed by atoms with Gasteiger partial charge >= 0.3 is 12.2 Å². The van der Waals surface area contributed by atoms with E-state index < -0.39 is 23.8 Å². The molecule has 0 aliphatic carbocycles. The number of nitrogens with one attached hydrogen (secondary N) is 2. The number of rotatable bonds is 8. The minimum Gasteiger partial charge on any atom is -0.380 e. The number of carbonyl (C=O) groups is 2. The van der Waals surface area contributed by atoms with Gasteiger partial charge in [-0.15, -0.1) is 0 Å². The number of aromatic nitrogens is 1. The summed E-state index contributed by atoms with van der Waals surface area (Å²) in [4.78, 5) is 28.7. The highest BCUT2D eigenvalue weighted by molar-refractivity contribution is 5.93. The summed E-state index contributed by atoms with van der Waals surface area (Å²) < 4.78 is 44.3. The number of urea groups is 1. The third kappa shape index (κ3) is 6.42. The summed E-state index contributed by atoms with van der Waals surface area (Å²) in [5.74, 6) is -0.900. The minimum absolute atomic E-state index is 0.101. The van der Waals surface area contributed by atoms with Crippen molar-refractivity contribution in [1.29, 1.82) is 0 Å². The highest BCUT2D eigenvalue weighted by atomic mass is 19.4. The van der Waals surface area contributed by atoms with E-state index in [0.29, 0.717) is 12.2 Å². The molecule has 0 saturated carbocycles. The number of hydrogen-bond acceptors (Lipinski definition) is 5. The monoisotopic (exact) mass is 426 g/mol. The number of pyridine rings is 1. The van der Waals surface area contributed by atoms with Crippen LogP contribution in [-0.2, 0) is 17.5 Å². The molecule has 0 fully saturated rings. The van der Waals surface area contributed by atoms with E-state index in [9.17, 15) is 22.8 Å². The predicted octanol–water partition coefficient (Wildman–Crippen LogP) is 2.97. The van der Waals surface area contributed by atoms with Crippen molar-refractivity contribution in [3.63, 3.8) is 0 Å². The molecule has 30 heavy (non-hydrogen) atoms. The average molecular weight is 426 g/mol. The van der Waals surface area contributed by atoms with Crippen LogP contribution < -0.4 is 15.7 Å². The lowest BCUT2D eigenvalue weighted by Crippen LogP contribution is -2.41. The summed E-state index contributed by atoms with van der Waals surface area (Å²) in [5, 5.41) is 11.2. The summed E-state index contributed by atoms with van der Waals surface area (Å²) in [5.41, 5.74) is 1.08. The van der Waals surface area contributed by atoms with Crippen LogP contribution in [0.15, 0.2) is 42.5 Å². The van der Waals surface area contributed by atoms with Crippen LogP contribution in [0.1, 0.15) is 28.5 Å². The van der Waals surface area contributed by atoms with Gasteiger partial charge in [-0.2, -0.15) is 13.2 Å². The molecule has 3 N–H and O–H groups in total. The van der Waals surface area contributed by atoms with Crippen molar-refractivity contribution < 1.29 is 32.7 Å². The van der Waals surface area contributed by atoms with E-state index >= 15 is 0 Å². The third-order valence-electron chi connectivity index (χ3n) is 3.93. The number of nitrogens with zero attached hydrogens (tertiary/aromatic N) is 2. The van der Waals surface area contributed by atoms with Crippen LogP contribution in [0.25, 0.3) is 0 Å². The van der Waals surface area contributed by atoms with Gasteiger partial charge in [0.1, 0.15) is 11.5 Å². The molecule has 0 radical (unpaired) electrons. The first-order chi connectivity index (χ1) is 14.3. The third-order valence-corrected chi connectivity index (χ3v) is 3.93. The zero-order valence-electron chi connectivity index (χ0n) is 16.1. The molecule has 1 aromatic heterocycles. The van der Waals surface area contributed by atoms with Crippen molar-refractivity contribution in [3.05, 3.63) is 59.3 Å². The topological polar surface area (TPSA) is 104 Å². The lowest BCUT2D eigenvalue weighted by atomic mass is 10.1. The fourth-order valence-corrected chi connectivity index (χ4v) is 2.47. The maximum Gasteiger partial charge on any atom is 0.433 e. The minimum atomic E-state index is -4.66. The maximum absolute atomic E-state index is 13.0. The Bertz CT molecular complexity index is 860. The van der Waals surface area contributed by atoms with Gasteiger partial charge in [0, 0.05) is 18.7 Å². The fraction of sp³-hybridized carbons (Fsp3) is 0.316. The number of amides is 3. The van der Waals surface area contributed by atoms with Crippen molar-refractivity contribution in [3.8, 4) is 0 Å². The van der Waals surface area contributed by atoms with Gasteiger partial charge in [-0.05, 0) is 36.8 Å². The Kier molecular flexibility index (Phi) is 8.13. The quantitative estimate of drug-likeness (QED) is 0.342. The Morgan fingerprint density at radius 1 is 1.17 bits per heavy atom. The van der Waals surface area contributed by atoms with Crippen LogP contribution in [0, 0.1) is 0 Å². The van der Waals surface area contributed by atoms with Gasteiger partial charge < -0.3 is 10.1 Å². The zero-order chi connectivity index (χ0) is 22.1. The molecule has 0 bridgehead atoms. The second kappa shape index (κ2) is 10.6. The summed E-state index contributed by atoms with van der Waals surface area (Å²) in [6.45, 7) is 2.56. The SMILES string of the molecule is CCOCCNC(=O)N(Cc1ccc(C(=O)NO)cc1)c1cccc(C(F)(F)F)n1. The molecule has 2 aromatic rings. The number of benzene rings is 1. The molecule has 1 heterocycles. The van der Waals surface area contributed by atoms with Gasteiger partial charge in [-0.3, -0.25) is 14.9 Å². The normalized spacial score (nSPS) is 11.1. The summed E-state index contributed by atoms with van der Waals surface area (Å²) >= 11 is 0. The van der Waals surface area contributed by atoms with Crippen molar-refractivity contribution in [1.82, 2.24) is 15.8 Å². The number of hydrogen-bond donors (Lipinski definition) is 3. The molecular formula is C19H21F3N4O4. The summed E-state index contributed by atoms with van der Waals surface area (Å²) in [6, 6.07) is 8.47. The maximum atomic E-state index is 13.0. The number of ether oxygens (including phenoxy) is 1. The first-order valence-electron chi connectivity index (χ1n) is 8.97. The van der Waals surface area contributed by atoms with Gasteiger partial charge in [-0.1, -0.05) is 18.2 Å². The first-order valence-corrected chi connectivity index (χ1v) is 8.97. The highest BCUT2D eigenvalue weighted by Gasteiger charge is 2.33. The lowest BCUT2D eigenvalue weighted by Gasteiger charge is -2.23. The molecule has 0 aliphatic rings. The van der Waals surface area contributed by atoms with Crippen molar-refractivity contribution >= 4 is 17.8 Å². The van der Waals surface area contributed by atoms with E-state index in [0.717, 1.165) is 11.0 Å². The van der Waals surface area contributed by atoms with E-state index in [4.69, 9.17) is 9.94 Å². The molecule has 0 atom stereocenters. The molecular weight excluding hydrogens is 405 g/mol. The highest BCUT2D eigenvalue weighted by Crippen LogP contribution is 2.29. The van der Waals surface area contributed by atoms with Gasteiger partial charge in [0.15, 0.2) is 0 Å². The molecule has 162 valence electrons. The Morgan fingerprint density at radius 2 is 1.87 bits per heavy atom. The average Bonchev–Trinajstić information content (AvgIpc) is 2.74. The molecule has 1 aromatic carbocycles. The Balaban J connectivity index is 2.27. The lowest BCUT2D eigenvalue weighted by molar-refractivity contribution is -0.141. The Labute approximate surface area is 170 Å². The van der Waals surface area contributed by atoms with Crippen LogP contribution in [0.2, 0.25) is 0 Å². The van der Waals surface area contributed by atoms with Crippen molar-refractivity contribution in [2.75, 3.05) is 24.7 Å². The smallest absolute Gasteiger partial charge is 0.380 e. The molecule has 2 rings (SSSR count). The van der Waals surface area contributed by atoms with Crippen LogP contribution in [0.3, 0.4) is 0 Å². The van der Waals surface area contributed by atoms with Gasteiger partial charge in [0.25, 0.3) is 5.91 Å². The van der Waals surface area contributed by atoms with Crippen molar-refractivity contribution in [2.45, 2.75) is 19.6 Å². The first kappa shape index (κ1) is 23.1. The number of halogens is 3.